The van der Waals surface area contributed by atoms with Gasteiger partial charge >= 0.3 is 0 Å². The van der Waals surface area contributed by atoms with Gasteiger partial charge in [-0.3, -0.25) is 0 Å². The van der Waals surface area contributed by atoms with Crippen LogP contribution in [0.4, 0.5) is 0 Å². The van der Waals surface area contributed by atoms with Crippen LogP contribution >= 0.6 is 0 Å². The highest BCUT2D eigenvalue weighted by molar-refractivity contribution is 5.54. The standard InChI is InChI=1S/C13H19NO2/c1-9-10(2)13-12(15-6-7-16-13)8-11(9)4-3-5-14/h8H,3-7,14H2,1-2H3. The predicted octanol–water partition coefficient (Wildman–Crippen LogP) is 1.97. The maximum absolute atomic E-state index is 5.64. The molecule has 2 N–H and O–H groups in total. The summed E-state index contributed by atoms with van der Waals surface area (Å²) in [6.07, 6.45) is 2.03. The van der Waals surface area contributed by atoms with Crippen molar-refractivity contribution in [2.45, 2.75) is 26.7 Å². The van der Waals surface area contributed by atoms with Crippen molar-refractivity contribution in [3.63, 3.8) is 0 Å². The van der Waals surface area contributed by atoms with Crippen LogP contribution in [-0.4, -0.2) is 19.8 Å². The van der Waals surface area contributed by atoms with Gasteiger partial charge in [0.2, 0.25) is 0 Å². The smallest absolute Gasteiger partial charge is 0.164 e. The number of aryl methyl sites for hydroxylation is 1. The fourth-order valence-electron chi connectivity index (χ4n) is 2.06. The zero-order valence-corrected chi connectivity index (χ0v) is 10.0. The minimum atomic E-state index is 0.645. The molecule has 0 aromatic heterocycles. The number of ether oxygens (including phenoxy) is 2. The third-order valence-corrected chi connectivity index (χ3v) is 3.15. The van der Waals surface area contributed by atoms with Crippen LogP contribution < -0.4 is 15.2 Å². The molecule has 0 saturated heterocycles. The van der Waals surface area contributed by atoms with Gasteiger partial charge in [-0.25, -0.2) is 0 Å². The van der Waals surface area contributed by atoms with Gasteiger partial charge in [-0.1, -0.05) is 0 Å². The molecule has 0 aliphatic carbocycles. The summed E-state index contributed by atoms with van der Waals surface area (Å²) in [5, 5.41) is 0. The second-order valence-corrected chi connectivity index (χ2v) is 4.20. The second-order valence-electron chi connectivity index (χ2n) is 4.20. The molecule has 3 heteroatoms. The molecule has 2 rings (SSSR count). The van der Waals surface area contributed by atoms with E-state index in [-0.39, 0.29) is 0 Å². The molecule has 1 aromatic carbocycles. The molecule has 1 aliphatic heterocycles. The summed E-state index contributed by atoms with van der Waals surface area (Å²) in [5.74, 6) is 1.81. The molecule has 0 fully saturated rings. The Labute approximate surface area is 96.5 Å². The van der Waals surface area contributed by atoms with Gasteiger partial charge in [0.25, 0.3) is 0 Å². The van der Waals surface area contributed by atoms with Crippen molar-refractivity contribution >= 4 is 0 Å². The molecule has 0 bridgehead atoms. The molecule has 0 amide bonds. The predicted molar refractivity (Wildman–Crippen MR) is 64.3 cm³/mol. The van der Waals surface area contributed by atoms with E-state index in [4.69, 9.17) is 15.2 Å². The molecule has 88 valence electrons. The zero-order valence-electron chi connectivity index (χ0n) is 10.0. The maximum atomic E-state index is 5.64. The Morgan fingerprint density at radius 2 is 1.94 bits per heavy atom. The third-order valence-electron chi connectivity index (χ3n) is 3.15. The molecule has 0 atom stereocenters. The van der Waals surface area contributed by atoms with E-state index in [2.05, 4.69) is 19.9 Å². The van der Waals surface area contributed by atoms with E-state index in [1.54, 1.807) is 0 Å². The van der Waals surface area contributed by atoms with E-state index < -0.39 is 0 Å². The Bertz CT molecular complexity index is 388. The van der Waals surface area contributed by atoms with Gasteiger partial charge in [-0.2, -0.15) is 0 Å². The average molecular weight is 221 g/mol. The van der Waals surface area contributed by atoms with Gasteiger partial charge in [0.05, 0.1) is 0 Å². The summed E-state index contributed by atoms with van der Waals surface area (Å²) in [6.45, 7) is 6.25. The fraction of sp³-hybridized carbons (Fsp3) is 0.538. The summed E-state index contributed by atoms with van der Waals surface area (Å²) < 4.78 is 11.3. The largest absolute Gasteiger partial charge is 0.486 e. The van der Waals surface area contributed by atoms with Crippen LogP contribution in [0.3, 0.4) is 0 Å². The number of rotatable bonds is 3. The Balaban J connectivity index is 2.36. The van der Waals surface area contributed by atoms with Crippen LogP contribution in [0.15, 0.2) is 6.07 Å². The van der Waals surface area contributed by atoms with Crippen molar-refractivity contribution in [3.05, 3.63) is 22.8 Å². The molecule has 16 heavy (non-hydrogen) atoms. The van der Waals surface area contributed by atoms with Gasteiger partial charge in [-0.15, -0.1) is 0 Å². The van der Waals surface area contributed by atoms with E-state index in [9.17, 15) is 0 Å². The highest BCUT2D eigenvalue weighted by Crippen LogP contribution is 2.37. The van der Waals surface area contributed by atoms with Crippen LogP contribution in [0.5, 0.6) is 11.5 Å². The first kappa shape index (κ1) is 11.3. The average Bonchev–Trinajstić information content (AvgIpc) is 2.32. The van der Waals surface area contributed by atoms with Crippen molar-refractivity contribution in [2.75, 3.05) is 19.8 Å². The Morgan fingerprint density at radius 1 is 1.19 bits per heavy atom. The third kappa shape index (κ3) is 2.00. The number of fused-ring (bicyclic) bond motifs is 1. The van der Waals surface area contributed by atoms with Crippen molar-refractivity contribution in [3.8, 4) is 11.5 Å². The minimum absolute atomic E-state index is 0.645. The zero-order chi connectivity index (χ0) is 11.5. The number of nitrogens with two attached hydrogens (primary N) is 1. The number of hydrogen-bond donors (Lipinski definition) is 1. The molecule has 1 aromatic rings. The maximum Gasteiger partial charge on any atom is 0.164 e. The first-order valence-corrected chi connectivity index (χ1v) is 5.82. The Hall–Kier alpha value is -1.22. The van der Waals surface area contributed by atoms with Crippen LogP contribution in [-0.2, 0) is 6.42 Å². The molecule has 0 radical (unpaired) electrons. The minimum Gasteiger partial charge on any atom is -0.486 e. The monoisotopic (exact) mass is 221 g/mol. The highest BCUT2D eigenvalue weighted by Gasteiger charge is 2.17. The normalized spacial score (nSPS) is 13.9. The Kier molecular flexibility index (Phi) is 3.34. The quantitative estimate of drug-likeness (QED) is 0.848. The van der Waals surface area contributed by atoms with Crippen molar-refractivity contribution in [1.82, 2.24) is 0 Å². The Morgan fingerprint density at radius 3 is 2.69 bits per heavy atom. The summed E-state index contributed by atoms with van der Waals surface area (Å²) in [5.41, 5.74) is 9.37. The van der Waals surface area contributed by atoms with E-state index in [1.807, 2.05) is 0 Å². The van der Waals surface area contributed by atoms with Crippen molar-refractivity contribution in [1.29, 1.82) is 0 Å². The number of benzene rings is 1. The molecule has 0 unspecified atom stereocenters. The van der Waals surface area contributed by atoms with Crippen molar-refractivity contribution in [2.24, 2.45) is 5.73 Å². The lowest BCUT2D eigenvalue weighted by Gasteiger charge is -2.23. The lowest BCUT2D eigenvalue weighted by atomic mass is 9.98. The fourth-order valence-corrected chi connectivity index (χ4v) is 2.06. The topological polar surface area (TPSA) is 44.5 Å². The van der Waals surface area contributed by atoms with E-state index in [1.165, 1.54) is 16.7 Å². The molecular formula is C13H19NO2. The summed E-state index contributed by atoms with van der Waals surface area (Å²) in [4.78, 5) is 0. The van der Waals surface area contributed by atoms with Crippen molar-refractivity contribution < 1.29 is 9.47 Å². The molecule has 0 saturated carbocycles. The lowest BCUT2D eigenvalue weighted by Crippen LogP contribution is -2.17. The van der Waals surface area contributed by atoms with Gasteiger partial charge < -0.3 is 15.2 Å². The lowest BCUT2D eigenvalue weighted by molar-refractivity contribution is 0.170. The molecule has 1 heterocycles. The van der Waals surface area contributed by atoms with Gasteiger partial charge in [0.15, 0.2) is 11.5 Å². The van der Waals surface area contributed by atoms with Crippen LogP contribution in [0.1, 0.15) is 23.1 Å². The summed E-state index contributed by atoms with van der Waals surface area (Å²) >= 11 is 0. The van der Waals surface area contributed by atoms with Crippen LogP contribution in [0, 0.1) is 13.8 Å². The first-order valence-electron chi connectivity index (χ1n) is 5.82. The summed E-state index contributed by atoms with van der Waals surface area (Å²) in [7, 11) is 0. The molecule has 1 aliphatic rings. The first-order chi connectivity index (χ1) is 7.74. The highest BCUT2D eigenvalue weighted by atomic mass is 16.6. The second kappa shape index (κ2) is 4.74. The SMILES string of the molecule is Cc1c(CCCN)cc2c(c1C)OCCO2. The summed E-state index contributed by atoms with van der Waals surface area (Å²) in [6, 6.07) is 2.10. The van der Waals surface area contributed by atoms with E-state index in [0.717, 1.165) is 30.9 Å². The molecular weight excluding hydrogens is 202 g/mol. The number of hydrogen-bond acceptors (Lipinski definition) is 3. The molecule has 3 nitrogen and oxygen atoms in total. The van der Waals surface area contributed by atoms with Crippen LogP contribution in [0.2, 0.25) is 0 Å². The molecule has 0 spiro atoms. The van der Waals surface area contributed by atoms with Crippen LogP contribution in [0.25, 0.3) is 0 Å². The van der Waals surface area contributed by atoms with Gasteiger partial charge in [-0.05, 0) is 56.0 Å². The van der Waals surface area contributed by atoms with Gasteiger partial charge in [0.1, 0.15) is 13.2 Å². The van der Waals surface area contributed by atoms with E-state index >= 15 is 0 Å². The van der Waals surface area contributed by atoms with Gasteiger partial charge in [0, 0.05) is 0 Å². The van der Waals surface area contributed by atoms with E-state index in [0.29, 0.717) is 13.2 Å².